The normalized spacial score (nSPS) is 17.2. The lowest BCUT2D eigenvalue weighted by Crippen LogP contribution is -2.39. The molecule has 1 aromatic heterocycles. The second-order valence-electron chi connectivity index (χ2n) is 5.49. The number of ether oxygens (including phenoxy) is 2. The van der Waals surface area contributed by atoms with Crippen molar-refractivity contribution in [2.24, 2.45) is 0 Å². The van der Waals surface area contributed by atoms with Crippen LogP contribution in [0.25, 0.3) is 0 Å². The maximum Gasteiger partial charge on any atom is 0.256 e. The third-order valence-corrected chi connectivity index (χ3v) is 4.10. The van der Waals surface area contributed by atoms with Gasteiger partial charge in [-0.25, -0.2) is 4.98 Å². The van der Waals surface area contributed by atoms with Gasteiger partial charge in [0, 0.05) is 25.1 Å². The van der Waals surface area contributed by atoms with Crippen LogP contribution >= 0.6 is 0 Å². The second kappa shape index (κ2) is 5.46. The van der Waals surface area contributed by atoms with Gasteiger partial charge < -0.3 is 14.4 Å². The Balaban J connectivity index is 1.72. The monoisotopic (exact) mass is 299 g/mol. The minimum atomic E-state index is -0.0770. The van der Waals surface area contributed by atoms with Crippen LogP contribution in [0.4, 0.5) is 5.95 Å². The maximum atomic E-state index is 12.5. The van der Waals surface area contributed by atoms with E-state index in [9.17, 15) is 4.79 Å². The van der Waals surface area contributed by atoms with Gasteiger partial charge in [-0.1, -0.05) is 18.2 Å². The van der Waals surface area contributed by atoms with Gasteiger partial charge in [-0.3, -0.25) is 9.78 Å². The van der Waals surface area contributed by atoms with Crippen LogP contribution in [-0.2, 0) is 17.8 Å². The van der Waals surface area contributed by atoms with Gasteiger partial charge in [-0.2, -0.15) is 0 Å². The zero-order valence-corrected chi connectivity index (χ0v) is 12.2. The van der Waals surface area contributed by atoms with Crippen LogP contribution in [0, 0.1) is 0 Å². The highest BCUT2D eigenvalue weighted by molar-refractivity contribution is 5.42. The number of para-hydroxylation sites is 1. The van der Waals surface area contributed by atoms with Crippen LogP contribution < -0.4 is 15.2 Å². The van der Waals surface area contributed by atoms with Crippen molar-refractivity contribution in [3.8, 4) is 5.75 Å². The average molecular weight is 299 g/mol. The van der Waals surface area contributed by atoms with Crippen molar-refractivity contribution in [1.82, 2.24) is 9.97 Å². The van der Waals surface area contributed by atoms with E-state index in [0.717, 1.165) is 30.1 Å². The quantitative estimate of drug-likeness (QED) is 0.854. The van der Waals surface area contributed by atoms with Gasteiger partial charge in [0.2, 0.25) is 5.95 Å². The number of fused-ring (bicyclic) bond motifs is 2. The van der Waals surface area contributed by atoms with Crippen LogP contribution in [0.5, 0.6) is 5.75 Å². The first kappa shape index (κ1) is 13.3. The molecule has 0 amide bonds. The topological polar surface area (TPSA) is 67.5 Å². The molecule has 4 rings (SSSR count). The van der Waals surface area contributed by atoms with Crippen molar-refractivity contribution in [2.45, 2.75) is 13.0 Å². The fraction of sp³-hybridized carbons (Fsp3) is 0.375. The smallest absolute Gasteiger partial charge is 0.256 e. The lowest BCUT2D eigenvalue weighted by Gasteiger charge is -2.27. The zero-order chi connectivity index (χ0) is 14.9. The first-order chi connectivity index (χ1) is 10.8. The summed E-state index contributed by atoms with van der Waals surface area (Å²) in [5, 5.41) is 0. The van der Waals surface area contributed by atoms with Crippen molar-refractivity contribution >= 4 is 5.95 Å². The molecule has 3 heterocycles. The molecule has 2 aromatic rings. The number of nitrogens with zero attached hydrogens (tertiary/aromatic N) is 2. The van der Waals surface area contributed by atoms with Crippen molar-refractivity contribution in [1.29, 1.82) is 0 Å². The molecule has 2 aliphatic rings. The van der Waals surface area contributed by atoms with Gasteiger partial charge >= 0.3 is 0 Å². The Morgan fingerprint density at radius 3 is 2.86 bits per heavy atom. The van der Waals surface area contributed by atoms with Gasteiger partial charge in [-0.15, -0.1) is 0 Å². The Hall–Kier alpha value is -2.34. The first-order valence-electron chi connectivity index (χ1n) is 7.47. The molecule has 0 unspecified atom stereocenters. The molecule has 1 fully saturated rings. The molecule has 2 aliphatic heterocycles. The summed E-state index contributed by atoms with van der Waals surface area (Å²) in [5.74, 6) is 1.44. The largest absolute Gasteiger partial charge is 0.487 e. The van der Waals surface area contributed by atoms with E-state index >= 15 is 0 Å². The van der Waals surface area contributed by atoms with E-state index in [1.165, 1.54) is 0 Å². The molecule has 0 spiro atoms. The molecule has 0 atom stereocenters. The Kier molecular flexibility index (Phi) is 3.31. The lowest BCUT2D eigenvalue weighted by atomic mass is 10.1. The van der Waals surface area contributed by atoms with E-state index in [4.69, 9.17) is 9.47 Å². The number of aromatic amines is 1. The molecule has 1 N–H and O–H groups in total. The predicted molar refractivity (Wildman–Crippen MR) is 81.5 cm³/mol. The first-order valence-corrected chi connectivity index (χ1v) is 7.47. The summed E-state index contributed by atoms with van der Waals surface area (Å²) in [7, 11) is 0. The van der Waals surface area contributed by atoms with Crippen LogP contribution in [0.3, 0.4) is 0 Å². The molecular formula is C16H17N3O3. The summed E-state index contributed by atoms with van der Waals surface area (Å²) in [6, 6.07) is 7.81. The van der Waals surface area contributed by atoms with Crippen LogP contribution in [0.2, 0.25) is 0 Å². The minimum absolute atomic E-state index is 0.0770. The third kappa shape index (κ3) is 2.35. The number of H-pyrrole nitrogens is 1. The molecule has 0 radical (unpaired) electrons. The highest BCUT2D eigenvalue weighted by atomic mass is 16.5. The Bertz CT molecular complexity index is 751. The fourth-order valence-corrected chi connectivity index (χ4v) is 2.89. The highest BCUT2D eigenvalue weighted by Crippen LogP contribution is 2.26. The number of hydrogen-bond donors (Lipinski definition) is 1. The average Bonchev–Trinajstić information content (AvgIpc) is 2.75. The lowest BCUT2D eigenvalue weighted by molar-refractivity contribution is 0.122. The summed E-state index contributed by atoms with van der Waals surface area (Å²) in [6.07, 6.45) is 0.553. The highest BCUT2D eigenvalue weighted by Gasteiger charge is 2.21. The van der Waals surface area contributed by atoms with Crippen LogP contribution in [0.1, 0.15) is 16.8 Å². The SMILES string of the molecule is O=c1[nH]c(N2CCOCC2)nc2c1Cc1ccccc1OC2. The number of benzene rings is 1. The van der Waals surface area contributed by atoms with Crippen molar-refractivity contribution < 1.29 is 9.47 Å². The zero-order valence-electron chi connectivity index (χ0n) is 12.2. The summed E-state index contributed by atoms with van der Waals surface area (Å²) in [4.78, 5) is 22.1. The molecule has 0 saturated carbocycles. The minimum Gasteiger partial charge on any atom is -0.487 e. The van der Waals surface area contributed by atoms with E-state index in [0.29, 0.717) is 37.8 Å². The molecule has 1 saturated heterocycles. The van der Waals surface area contributed by atoms with Gasteiger partial charge in [0.05, 0.1) is 18.9 Å². The molecule has 1 aromatic carbocycles. The Morgan fingerprint density at radius 2 is 2.00 bits per heavy atom. The standard InChI is InChI=1S/C16H17N3O3/c20-15-12-9-11-3-1-2-4-14(11)22-10-13(12)17-16(18-15)19-5-7-21-8-6-19/h1-4H,5-10H2,(H,17,18,20). The van der Waals surface area contributed by atoms with E-state index in [-0.39, 0.29) is 5.56 Å². The van der Waals surface area contributed by atoms with Crippen molar-refractivity contribution in [3.63, 3.8) is 0 Å². The summed E-state index contributed by atoms with van der Waals surface area (Å²) in [6.45, 7) is 3.12. The molecule has 0 bridgehead atoms. The Morgan fingerprint density at radius 1 is 1.18 bits per heavy atom. The second-order valence-corrected chi connectivity index (χ2v) is 5.49. The van der Waals surface area contributed by atoms with Crippen LogP contribution in [-0.4, -0.2) is 36.3 Å². The number of nitrogens with one attached hydrogen (secondary N) is 1. The summed E-state index contributed by atoms with van der Waals surface area (Å²) < 4.78 is 11.2. The predicted octanol–water partition coefficient (Wildman–Crippen LogP) is 1.09. The van der Waals surface area contributed by atoms with E-state index in [1.54, 1.807) is 0 Å². The number of rotatable bonds is 1. The Labute approximate surface area is 127 Å². The third-order valence-electron chi connectivity index (χ3n) is 4.10. The number of anilines is 1. The molecule has 6 nitrogen and oxygen atoms in total. The number of aromatic nitrogens is 2. The van der Waals surface area contributed by atoms with E-state index < -0.39 is 0 Å². The molecule has 6 heteroatoms. The van der Waals surface area contributed by atoms with Gasteiger partial charge in [0.15, 0.2) is 0 Å². The van der Waals surface area contributed by atoms with Gasteiger partial charge in [-0.05, 0) is 11.6 Å². The summed E-state index contributed by atoms with van der Waals surface area (Å²) in [5.41, 5.74) is 2.36. The number of morpholine rings is 1. The number of hydrogen-bond acceptors (Lipinski definition) is 5. The van der Waals surface area contributed by atoms with Crippen molar-refractivity contribution in [2.75, 3.05) is 31.2 Å². The van der Waals surface area contributed by atoms with Crippen molar-refractivity contribution in [3.05, 3.63) is 51.4 Å². The van der Waals surface area contributed by atoms with Gasteiger partial charge in [0.1, 0.15) is 12.4 Å². The van der Waals surface area contributed by atoms with E-state index in [2.05, 4.69) is 9.97 Å². The molecule has 22 heavy (non-hydrogen) atoms. The molecule has 0 aliphatic carbocycles. The maximum absolute atomic E-state index is 12.5. The van der Waals surface area contributed by atoms with Gasteiger partial charge in [0.25, 0.3) is 5.56 Å². The fourth-order valence-electron chi connectivity index (χ4n) is 2.89. The molecule has 114 valence electrons. The van der Waals surface area contributed by atoms with Crippen LogP contribution in [0.15, 0.2) is 29.1 Å². The summed E-state index contributed by atoms with van der Waals surface area (Å²) >= 11 is 0. The molecular weight excluding hydrogens is 282 g/mol. The van der Waals surface area contributed by atoms with E-state index in [1.807, 2.05) is 29.2 Å².